The van der Waals surface area contributed by atoms with Gasteiger partial charge in [-0.2, -0.15) is 0 Å². The number of nitrogens with one attached hydrogen (secondary N) is 1. The Hall–Kier alpha value is -1.07. The number of amides is 1. The molecule has 0 unspecified atom stereocenters. The van der Waals surface area contributed by atoms with Gasteiger partial charge in [0.2, 0.25) is 0 Å². The molecule has 0 atom stereocenters. The lowest BCUT2D eigenvalue weighted by molar-refractivity contribution is -0.139. The molecule has 19 heavy (non-hydrogen) atoms. The molecule has 1 saturated carbocycles. The average Bonchev–Trinajstić information content (AvgIpc) is 2.29. The third-order valence-electron chi connectivity index (χ3n) is 3.36. The van der Waals surface area contributed by atoms with Crippen LogP contribution in [-0.4, -0.2) is 22.5 Å². The number of carbonyl (C=O) groups excluding carboxylic acids is 1. The number of carboxylic acid groups (broad SMARTS) is 1. The zero-order chi connectivity index (χ0) is 14.0. The zero-order valence-electron chi connectivity index (χ0n) is 10.1. The van der Waals surface area contributed by atoms with Gasteiger partial charge in [-0.3, -0.25) is 9.59 Å². The minimum absolute atomic E-state index is 0.0387. The van der Waals surface area contributed by atoms with Gasteiger partial charge < -0.3 is 10.4 Å². The van der Waals surface area contributed by atoms with Crippen molar-refractivity contribution >= 4 is 39.4 Å². The maximum atomic E-state index is 12.1. The standard InChI is InChI=1S/C13H13BrClNO3/c14-9-3-2-8(6-10(9)15)12(19)16-13(4-1-5-13)7-11(17)18/h2-3,6H,1,4-5,7H2,(H,16,19)(H,17,18). The van der Waals surface area contributed by atoms with Gasteiger partial charge in [0.25, 0.3) is 5.91 Å². The van der Waals surface area contributed by atoms with Crippen LogP contribution in [0.3, 0.4) is 0 Å². The average molecular weight is 347 g/mol. The molecule has 6 heteroatoms. The van der Waals surface area contributed by atoms with Crippen molar-refractivity contribution in [1.29, 1.82) is 0 Å². The van der Waals surface area contributed by atoms with Gasteiger partial charge in [-0.1, -0.05) is 11.6 Å². The van der Waals surface area contributed by atoms with Crippen molar-refractivity contribution < 1.29 is 14.7 Å². The predicted octanol–water partition coefficient (Wildman–Crippen LogP) is 3.23. The van der Waals surface area contributed by atoms with Gasteiger partial charge in [0, 0.05) is 10.0 Å². The predicted molar refractivity (Wildman–Crippen MR) is 75.5 cm³/mol. The minimum Gasteiger partial charge on any atom is -0.481 e. The molecule has 1 fully saturated rings. The van der Waals surface area contributed by atoms with Crippen LogP contribution in [0.5, 0.6) is 0 Å². The Morgan fingerprint density at radius 3 is 2.58 bits per heavy atom. The monoisotopic (exact) mass is 345 g/mol. The molecule has 1 aromatic rings. The topological polar surface area (TPSA) is 66.4 Å². The molecular formula is C13H13BrClNO3. The highest BCUT2D eigenvalue weighted by Crippen LogP contribution is 2.35. The molecule has 0 spiro atoms. The van der Waals surface area contributed by atoms with E-state index >= 15 is 0 Å². The summed E-state index contributed by atoms with van der Waals surface area (Å²) in [4.78, 5) is 23.0. The molecule has 0 aromatic heterocycles. The first-order valence-electron chi connectivity index (χ1n) is 5.91. The van der Waals surface area contributed by atoms with Crippen LogP contribution < -0.4 is 5.32 Å². The molecule has 2 N–H and O–H groups in total. The lowest BCUT2D eigenvalue weighted by Gasteiger charge is -2.41. The van der Waals surface area contributed by atoms with E-state index in [4.69, 9.17) is 16.7 Å². The lowest BCUT2D eigenvalue weighted by atomic mass is 9.74. The third-order valence-corrected chi connectivity index (χ3v) is 4.59. The summed E-state index contributed by atoms with van der Waals surface area (Å²) in [7, 11) is 0. The molecule has 0 heterocycles. The van der Waals surface area contributed by atoms with Gasteiger partial charge in [-0.05, 0) is 53.4 Å². The van der Waals surface area contributed by atoms with Gasteiger partial charge in [0.1, 0.15) is 0 Å². The SMILES string of the molecule is O=C(O)CC1(NC(=O)c2ccc(Br)c(Cl)c2)CCC1. The van der Waals surface area contributed by atoms with E-state index in [1.54, 1.807) is 18.2 Å². The van der Waals surface area contributed by atoms with Crippen molar-refractivity contribution in [3.05, 3.63) is 33.3 Å². The van der Waals surface area contributed by atoms with E-state index in [1.165, 1.54) is 0 Å². The Bertz CT molecular complexity index is 529. The zero-order valence-corrected chi connectivity index (χ0v) is 12.4. The van der Waals surface area contributed by atoms with E-state index in [-0.39, 0.29) is 12.3 Å². The van der Waals surface area contributed by atoms with E-state index in [9.17, 15) is 9.59 Å². The number of carboxylic acids is 1. The number of aliphatic carboxylic acids is 1. The number of rotatable bonds is 4. The summed E-state index contributed by atoms with van der Waals surface area (Å²) < 4.78 is 0.717. The second-order valence-electron chi connectivity index (χ2n) is 4.79. The van der Waals surface area contributed by atoms with Crippen molar-refractivity contribution in [2.45, 2.75) is 31.2 Å². The Balaban J connectivity index is 2.11. The number of halogens is 2. The minimum atomic E-state index is -0.895. The largest absolute Gasteiger partial charge is 0.481 e. The van der Waals surface area contributed by atoms with Gasteiger partial charge in [-0.25, -0.2) is 0 Å². The normalized spacial score (nSPS) is 16.5. The van der Waals surface area contributed by atoms with Crippen LogP contribution in [0.2, 0.25) is 5.02 Å². The van der Waals surface area contributed by atoms with Crippen molar-refractivity contribution in [3.63, 3.8) is 0 Å². The highest BCUT2D eigenvalue weighted by Gasteiger charge is 2.40. The molecule has 0 aliphatic heterocycles. The van der Waals surface area contributed by atoms with E-state index < -0.39 is 11.5 Å². The van der Waals surface area contributed by atoms with E-state index in [0.29, 0.717) is 23.4 Å². The number of carbonyl (C=O) groups is 2. The summed E-state index contributed by atoms with van der Waals surface area (Å²) in [5, 5.41) is 12.2. The maximum absolute atomic E-state index is 12.1. The number of benzene rings is 1. The van der Waals surface area contributed by atoms with E-state index in [0.717, 1.165) is 10.9 Å². The first kappa shape index (κ1) is 14.3. The first-order valence-corrected chi connectivity index (χ1v) is 7.08. The fraction of sp³-hybridized carbons (Fsp3) is 0.385. The van der Waals surface area contributed by atoms with Crippen molar-refractivity contribution in [2.24, 2.45) is 0 Å². The Kier molecular flexibility index (Phi) is 4.16. The first-order chi connectivity index (χ1) is 8.92. The van der Waals surface area contributed by atoms with Crippen molar-refractivity contribution in [1.82, 2.24) is 5.32 Å². The Labute approximate surface area is 124 Å². The van der Waals surface area contributed by atoms with Crippen LogP contribution >= 0.6 is 27.5 Å². The Morgan fingerprint density at radius 1 is 1.42 bits per heavy atom. The molecule has 0 radical (unpaired) electrons. The van der Waals surface area contributed by atoms with Gasteiger partial charge >= 0.3 is 5.97 Å². The smallest absolute Gasteiger partial charge is 0.305 e. The summed E-state index contributed by atoms with van der Waals surface area (Å²) >= 11 is 9.20. The second kappa shape index (κ2) is 5.51. The molecule has 1 aliphatic rings. The molecular weight excluding hydrogens is 334 g/mol. The van der Waals surface area contributed by atoms with Crippen molar-refractivity contribution in [2.75, 3.05) is 0 Å². The lowest BCUT2D eigenvalue weighted by Crippen LogP contribution is -2.54. The fourth-order valence-electron chi connectivity index (χ4n) is 2.19. The fourth-order valence-corrected chi connectivity index (χ4v) is 2.62. The summed E-state index contributed by atoms with van der Waals surface area (Å²) in [5.41, 5.74) is -0.160. The number of hydrogen-bond acceptors (Lipinski definition) is 2. The maximum Gasteiger partial charge on any atom is 0.305 e. The van der Waals surface area contributed by atoms with Gasteiger partial charge in [0.15, 0.2) is 0 Å². The molecule has 0 bridgehead atoms. The van der Waals surface area contributed by atoms with E-state index in [2.05, 4.69) is 21.2 Å². The molecule has 4 nitrogen and oxygen atoms in total. The number of hydrogen-bond donors (Lipinski definition) is 2. The van der Waals surface area contributed by atoms with Gasteiger partial charge in [-0.15, -0.1) is 0 Å². The van der Waals surface area contributed by atoms with Crippen LogP contribution in [0, 0.1) is 0 Å². The summed E-state index contributed by atoms with van der Waals surface area (Å²) in [6.07, 6.45) is 2.31. The van der Waals surface area contributed by atoms with Crippen molar-refractivity contribution in [3.8, 4) is 0 Å². The quantitative estimate of drug-likeness (QED) is 0.879. The van der Waals surface area contributed by atoms with Crippen LogP contribution in [0.25, 0.3) is 0 Å². The van der Waals surface area contributed by atoms with E-state index in [1.807, 2.05) is 0 Å². The van der Waals surface area contributed by atoms with Crippen LogP contribution in [0.4, 0.5) is 0 Å². The Morgan fingerprint density at radius 2 is 2.11 bits per heavy atom. The highest BCUT2D eigenvalue weighted by atomic mass is 79.9. The molecule has 2 rings (SSSR count). The highest BCUT2D eigenvalue weighted by molar-refractivity contribution is 9.10. The van der Waals surface area contributed by atoms with Gasteiger partial charge in [0.05, 0.1) is 17.0 Å². The molecule has 1 amide bonds. The molecule has 1 aliphatic carbocycles. The molecule has 0 saturated heterocycles. The summed E-state index contributed by atoms with van der Waals surface area (Å²) in [6.45, 7) is 0. The molecule has 102 valence electrons. The van der Waals surface area contributed by atoms with Crippen LogP contribution in [0.15, 0.2) is 22.7 Å². The van der Waals surface area contributed by atoms with Crippen LogP contribution in [-0.2, 0) is 4.79 Å². The second-order valence-corrected chi connectivity index (χ2v) is 6.05. The molecule has 1 aromatic carbocycles. The third kappa shape index (κ3) is 3.28. The summed E-state index contributed by atoms with van der Waals surface area (Å²) in [5.74, 6) is -1.18. The van der Waals surface area contributed by atoms with Crippen LogP contribution in [0.1, 0.15) is 36.0 Å². The summed E-state index contributed by atoms with van der Waals surface area (Å²) in [6, 6.07) is 4.91.